The number of ether oxygens (including phenoxy) is 1. The van der Waals surface area contributed by atoms with Gasteiger partial charge in [-0.2, -0.15) is 0 Å². The van der Waals surface area contributed by atoms with Crippen LogP contribution < -0.4 is 0 Å². The van der Waals surface area contributed by atoms with E-state index in [0.29, 0.717) is 6.42 Å². The zero-order chi connectivity index (χ0) is 18.4. The summed E-state index contributed by atoms with van der Waals surface area (Å²) in [5, 5.41) is 0. The number of carbonyl (C=O) groups is 1. The maximum atomic E-state index is 12.8. The first-order valence-electron chi connectivity index (χ1n) is 8.01. The highest BCUT2D eigenvalue weighted by Gasteiger charge is 2.32. The van der Waals surface area contributed by atoms with Gasteiger partial charge in [-0.25, -0.2) is 17.5 Å². The van der Waals surface area contributed by atoms with Gasteiger partial charge in [-0.15, -0.1) is 6.58 Å². The fourth-order valence-corrected chi connectivity index (χ4v) is 3.34. The molecule has 24 heavy (non-hydrogen) atoms. The summed E-state index contributed by atoms with van der Waals surface area (Å²) in [4.78, 5) is 12.5. The summed E-state index contributed by atoms with van der Waals surface area (Å²) in [7, 11) is -3.94. The van der Waals surface area contributed by atoms with Gasteiger partial charge in [-0.05, 0) is 59.1 Å². The van der Waals surface area contributed by atoms with Crippen molar-refractivity contribution in [2.45, 2.75) is 57.5 Å². The maximum Gasteiger partial charge on any atom is 0.424 e. The van der Waals surface area contributed by atoms with Gasteiger partial charge in [0.05, 0.1) is 4.90 Å². The first-order chi connectivity index (χ1) is 11.1. The van der Waals surface area contributed by atoms with Crippen LogP contribution in [0.2, 0.25) is 0 Å². The van der Waals surface area contributed by atoms with E-state index in [1.54, 1.807) is 39.0 Å². The summed E-state index contributed by atoms with van der Waals surface area (Å²) in [6.07, 6.45) is 3.00. The van der Waals surface area contributed by atoms with Crippen molar-refractivity contribution in [3.05, 3.63) is 42.5 Å². The smallest absolute Gasteiger partial charge is 0.424 e. The molecule has 0 aliphatic heterocycles. The lowest BCUT2D eigenvalue weighted by Crippen LogP contribution is -2.41. The van der Waals surface area contributed by atoms with Crippen molar-refractivity contribution in [2.75, 3.05) is 6.54 Å². The fraction of sp³-hybridized carbons (Fsp3) is 0.500. The molecular weight excluding hydrogens is 326 g/mol. The van der Waals surface area contributed by atoms with Crippen LogP contribution in [0.3, 0.4) is 0 Å². The Labute approximate surface area is 145 Å². The number of unbranched alkanes of at least 4 members (excludes halogenated alkanes) is 2. The molecule has 0 saturated carbocycles. The molecule has 134 valence electrons. The average Bonchev–Trinajstić information content (AvgIpc) is 2.45. The predicted octanol–water partition coefficient (Wildman–Crippen LogP) is 4.28. The standard InChI is InChI=1S/C18H27NO4S/c1-6-7-8-9-14-19(17(20)23-18(3,4)5)24(21,22)16-12-10-15(2)11-13-16/h6,10-13H,1,7-9,14H2,2-5H3. The first-order valence-corrected chi connectivity index (χ1v) is 9.45. The van der Waals surface area contributed by atoms with E-state index in [4.69, 9.17) is 4.74 Å². The summed E-state index contributed by atoms with van der Waals surface area (Å²) in [6, 6.07) is 6.42. The van der Waals surface area contributed by atoms with E-state index in [9.17, 15) is 13.2 Å². The average molecular weight is 353 g/mol. The minimum atomic E-state index is -3.94. The van der Waals surface area contributed by atoms with Crippen LogP contribution in [-0.2, 0) is 14.8 Å². The van der Waals surface area contributed by atoms with E-state index in [1.807, 2.05) is 6.92 Å². The van der Waals surface area contributed by atoms with Crippen LogP contribution in [0.25, 0.3) is 0 Å². The molecule has 0 aliphatic carbocycles. The van der Waals surface area contributed by atoms with Crippen LogP contribution in [0, 0.1) is 6.92 Å². The highest BCUT2D eigenvalue weighted by atomic mass is 32.2. The molecule has 0 radical (unpaired) electrons. The number of benzene rings is 1. The van der Waals surface area contributed by atoms with Crippen molar-refractivity contribution in [2.24, 2.45) is 0 Å². The topological polar surface area (TPSA) is 63.7 Å². The largest absolute Gasteiger partial charge is 0.443 e. The minimum absolute atomic E-state index is 0.0823. The molecule has 0 unspecified atom stereocenters. The summed E-state index contributed by atoms with van der Waals surface area (Å²) < 4.78 is 31.8. The van der Waals surface area contributed by atoms with Gasteiger partial charge in [0.1, 0.15) is 5.60 Å². The van der Waals surface area contributed by atoms with Crippen LogP contribution in [0.15, 0.2) is 41.8 Å². The van der Waals surface area contributed by atoms with E-state index in [-0.39, 0.29) is 11.4 Å². The van der Waals surface area contributed by atoms with E-state index in [0.717, 1.165) is 22.7 Å². The molecule has 0 aromatic heterocycles. The van der Waals surface area contributed by atoms with Gasteiger partial charge in [0.25, 0.3) is 10.0 Å². The second-order valence-corrected chi connectivity index (χ2v) is 8.52. The molecule has 1 aromatic carbocycles. The molecule has 1 amide bonds. The fourth-order valence-electron chi connectivity index (χ4n) is 2.00. The number of sulfonamides is 1. The molecule has 1 rings (SSSR count). The Morgan fingerprint density at radius 1 is 1.21 bits per heavy atom. The molecule has 0 bridgehead atoms. The SMILES string of the molecule is C=CCCCCN(C(=O)OC(C)(C)C)S(=O)(=O)c1ccc(C)cc1. The van der Waals surface area contributed by atoms with Gasteiger partial charge in [-0.1, -0.05) is 23.8 Å². The summed E-state index contributed by atoms with van der Waals surface area (Å²) >= 11 is 0. The molecular formula is C18H27NO4S. The zero-order valence-corrected chi connectivity index (χ0v) is 15.7. The third-order valence-corrected chi connectivity index (χ3v) is 5.01. The van der Waals surface area contributed by atoms with Crippen molar-refractivity contribution >= 4 is 16.1 Å². The molecule has 0 spiro atoms. The monoisotopic (exact) mass is 353 g/mol. The Kier molecular flexibility index (Phi) is 7.02. The van der Waals surface area contributed by atoms with Gasteiger partial charge in [0.15, 0.2) is 0 Å². The van der Waals surface area contributed by atoms with Gasteiger partial charge in [-0.3, -0.25) is 0 Å². The van der Waals surface area contributed by atoms with Gasteiger partial charge in [0.2, 0.25) is 0 Å². The number of nitrogens with zero attached hydrogens (tertiary/aromatic N) is 1. The first kappa shape index (κ1) is 20.2. The molecule has 1 aromatic rings. The molecule has 0 fully saturated rings. The van der Waals surface area contributed by atoms with E-state index in [2.05, 4.69) is 6.58 Å². The van der Waals surface area contributed by atoms with Crippen molar-refractivity contribution in [3.8, 4) is 0 Å². The number of amides is 1. The number of hydrogen-bond donors (Lipinski definition) is 0. The molecule has 5 nitrogen and oxygen atoms in total. The third kappa shape index (κ3) is 6.00. The second kappa shape index (κ2) is 8.33. The van der Waals surface area contributed by atoms with E-state index >= 15 is 0 Å². The van der Waals surface area contributed by atoms with Crippen LogP contribution in [0.5, 0.6) is 0 Å². The number of hydrogen-bond acceptors (Lipinski definition) is 4. The highest BCUT2D eigenvalue weighted by molar-refractivity contribution is 7.89. The van der Waals surface area contributed by atoms with Gasteiger partial charge < -0.3 is 4.74 Å². The molecule has 0 heterocycles. The number of allylic oxidation sites excluding steroid dienone is 1. The lowest BCUT2D eigenvalue weighted by atomic mass is 10.2. The number of rotatable bonds is 7. The van der Waals surface area contributed by atoms with Crippen molar-refractivity contribution in [3.63, 3.8) is 0 Å². The minimum Gasteiger partial charge on any atom is -0.443 e. The number of carbonyl (C=O) groups excluding carboxylic acids is 1. The molecule has 0 saturated heterocycles. The summed E-state index contributed by atoms with van der Waals surface area (Å²) in [5.41, 5.74) is 0.183. The summed E-state index contributed by atoms with van der Waals surface area (Å²) in [6.45, 7) is 10.7. The van der Waals surface area contributed by atoms with Crippen LogP contribution in [-0.4, -0.2) is 31.0 Å². The van der Waals surface area contributed by atoms with Crippen molar-refractivity contribution in [1.82, 2.24) is 4.31 Å². The highest BCUT2D eigenvalue weighted by Crippen LogP contribution is 2.20. The molecule has 0 aliphatic rings. The quantitative estimate of drug-likeness (QED) is 0.542. The Balaban J connectivity index is 3.07. The normalized spacial score (nSPS) is 11.8. The van der Waals surface area contributed by atoms with E-state index in [1.165, 1.54) is 12.1 Å². The second-order valence-electron chi connectivity index (χ2n) is 6.66. The lowest BCUT2D eigenvalue weighted by molar-refractivity contribution is 0.0389. The van der Waals surface area contributed by atoms with Crippen LogP contribution in [0.4, 0.5) is 4.79 Å². The Morgan fingerprint density at radius 3 is 2.29 bits per heavy atom. The van der Waals surface area contributed by atoms with Gasteiger partial charge in [0, 0.05) is 6.54 Å². The zero-order valence-electron chi connectivity index (χ0n) is 14.9. The van der Waals surface area contributed by atoms with Crippen LogP contribution in [0.1, 0.15) is 45.6 Å². The Hall–Kier alpha value is -1.82. The van der Waals surface area contributed by atoms with Crippen molar-refractivity contribution in [1.29, 1.82) is 0 Å². The molecule has 0 N–H and O–H groups in total. The Bertz CT molecular complexity index is 657. The third-order valence-electron chi connectivity index (χ3n) is 3.23. The molecule has 6 heteroatoms. The maximum absolute atomic E-state index is 12.8. The van der Waals surface area contributed by atoms with Crippen LogP contribution >= 0.6 is 0 Å². The van der Waals surface area contributed by atoms with Crippen molar-refractivity contribution < 1.29 is 17.9 Å². The van der Waals surface area contributed by atoms with E-state index < -0.39 is 21.7 Å². The number of aryl methyl sites for hydroxylation is 1. The Morgan fingerprint density at radius 2 is 1.79 bits per heavy atom. The predicted molar refractivity (Wildman–Crippen MR) is 95.4 cm³/mol. The lowest BCUT2D eigenvalue weighted by Gasteiger charge is -2.27. The molecule has 0 atom stereocenters. The van der Waals surface area contributed by atoms with Gasteiger partial charge >= 0.3 is 6.09 Å². The summed E-state index contributed by atoms with van der Waals surface area (Å²) in [5.74, 6) is 0.